The second-order valence-corrected chi connectivity index (χ2v) is 7.21. The number of hydrogen-bond donors (Lipinski definition) is 1. The van der Waals surface area contributed by atoms with Gasteiger partial charge in [0.05, 0.1) is 11.2 Å². The predicted octanol–water partition coefficient (Wildman–Crippen LogP) is 4.19. The molecule has 0 fully saturated rings. The van der Waals surface area contributed by atoms with Gasteiger partial charge >= 0.3 is 0 Å². The van der Waals surface area contributed by atoms with Gasteiger partial charge in [-0.2, -0.15) is 13.5 Å². The summed E-state index contributed by atoms with van der Waals surface area (Å²) < 4.78 is 11.4. The smallest absolute Gasteiger partial charge is 0.257 e. The molecular weight excluding hydrogens is 410 g/mol. The molecule has 0 saturated carbocycles. The summed E-state index contributed by atoms with van der Waals surface area (Å²) in [4.78, 5) is 17.5. The van der Waals surface area contributed by atoms with Crippen molar-refractivity contribution in [1.29, 1.82) is 0 Å². The minimum absolute atomic E-state index is 0. The Morgan fingerprint density at radius 3 is 2.81 bits per heavy atom. The number of nitrogens with zero attached hydrogens (tertiary/aromatic N) is 4. The van der Waals surface area contributed by atoms with Crippen LogP contribution >= 0.6 is 13.5 Å². The number of aromatic nitrogens is 4. The maximum absolute atomic E-state index is 5.79. The van der Waals surface area contributed by atoms with Crippen LogP contribution in [0.15, 0.2) is 61.2 Å². The average Bonchev–Trinajstić information content (AvgIpc) is 2.82. The maximum Gasteiger partial charge on any atom is 0.257 e. The van der Waals surface area contributed by atoms with Crippen molar-refractivity contribution in [2.24, 2.45) is 0 Å². The van der Waals surface area contributed by atoms with E-state index in [9.17, 15) is 0 Å². The molecule has 8 heteroatoms. The standard InChI is InChI=1S/C23H21N5O2.H2S/c1-15(18-6-8-25-23-22(18)29-9-10-30-23)13-26-21-12-20(27-14-28-21)17-5-4-16-3-2-7-24-19(16)11-17;/h2-8,11-12,14-15H,9-10,13H2,1H3,(H,26,27,28);1H2/t15-;/m1./s1. The lowest BCUT2D eigenvalue weighted by molar-refractivity contribution is 0.162. The fourth-order valence-corrected chi connectivity index (χ4v) is 3.57. The van der Waals surface area contributed by atoms with Crippen LogP contribution in [0.4, 0.5) is 5.82 Å². The molecule has 0 spiro atoms. The number of pyridine rings is 2. The Bertz CT molecular complexity index is 1200. The molecule has 4 aromatic rings. The van der Waals surface area contributed by atoms with E-state index in [0.29, 0.717) is 25.6 Å². The van der Waals surface area contributed by atoms with E-state index in [0.717, 1.165) is 39.3 Å². The Labute approximate surface area is 187 Å². The van der Waals surface area contributed by atoms with Crippen molar-refractivity contribution >= 4 is 30.2 Å². The highest BCUT2D eigenvalue weighted by Crippen LogP contribution is 2.35. The fraction of sp³-hybridized carbons (Fsp3) is 0.217. The third-order valence-electron chi connectivity index (χ3n) is 5.16. The van der Waals surface area contributed by atoms with E-state index in [1.165, 1.54) is 0 Å². The van der Waals surface area contributed by atoms with E-state index in [4.69, 9.17) is 9.47 Å². The number of nitrogens with one attached hydrogen (secondary N) is 1. The number of benzene rings is 1. The highest BCUT2D eigenvalue weighted by atomic mass is 32.1. The van der Waals surface area contributed by atoms with Gasteiger partial charge in [-0.3, -0.25) is 4.98 Å². The number of anilines is 1. The molecule has 31 heavy (non-hydrogen) atoms. The van der Waals surface area contributed by atoms with Gasteiger partial charge < -0.3 is 14.8 Å². The van der Waals surface area contributed by atoms with E-state index in [2.05, 4.69) is 44.3 Å². The molecule has 158 valence electrons. The van der Waals surface area contributed by atoms with Crippen LogP contribution in [-0.4, -0.2) is 39.7 Å². The lowest BCUT2D eigenvalue weighted by Crippen LogP contribution is -2.19. The Morgan fingerprint density at radius 1 is 0.968 bits per heavy atom. The fourth-order valence-electron chi connectivity index (χ4n) is 3.57. The quantitative estimate of drug-likeness (QED) is 0.505. The van der Waals surface area contributed by atoms with Gasteiger partial charge in [0.15, 0.2) is 5.75 Å². The minimum atomic E-state index is 0. The van der Waals surface area contributed by atoms with Crippen molar-refractivity contribution in [3.63, 3.8) is 0 Å². The van der Waals surface area contributed by atoms with Gasteiger partial charge in [0.25, 0.3) is 5.88 Å². The third kappa shape index (κ3) is 4.39. The first kappa shape index (κ1) is 20.9. The molecule has 1 aliphatic rings. The number of rotatable bonds is 5. The Kier molecular flexibility index (Phi) is 6.18. The van der Waals surface area contributed by atoms with Gasteiger partial charge in [-0.05, 0) is 18.2 Å². The van der Waals surface area contributed by atoms with Crippen LogP contribution in [0.25, 0.3) is 22.2 Å². The summed E-state index contributed by atoms with van der Waals surface area (Å²) in [6, 6.07) is 14.1. The Morgan fingerprint density at radius 2 is 1.87 bits per heavy atom. The van der Waals surface area contributed by atoms with Crippen LogP contribution in [0.1, 0.15) is 18.4 Å². The zero-order valence-corrected chi connectivity index (χ0v) is 18.1. The Hall–Kier alpha value is -3.39. The van der Waals surface area contributed by atoms with Gasteiger partial charge in [-0.15, -0.1) is 0 Å². The summed E-state index contributed by atoms with van der Waals surface area (Å²) in [5.41, 5.74) is 3.88. The lowest BCUT2D eigenvalue weighted by Gasteiger charge is -2.22. The number of fused-ring (bicyclic) bond motifs is 2. The second-order valence-electron chi connectivity index (χ2n) is 7.21. The monoisotopic (exact) mass is 433 g/mol. The lowest BCUT2D eigenvalue weighted by atomic mass is 10.0. The van der Waals surface area contributed by atoms with Crippen molar-refractivity contribution in [3.8, 4) is 22.9 Å². The molecule has 1 N–H and O–H groups in total. The van der Waals surface area contributed by atoms with Crippen LogP contribution in [0.3, 0.4) is 0 Å². The molecule has 0 amide bonds. The third-order valence-corrected chi connectivity index (χ3v) is 5.16. The first-order valence-corrected chi connectivity index (χ1v) is 9.93. The molecule has 1 aromatic carbocycles. The molecule has 1 atom stereocenters. The van der Waals surface area contributed by atoms with Crippen LogP contribution in [0.2, 0.25) is 0 Å². The number of hydrogen-bond acceptors (Lipinski definition) is 7. The average molecular weight is 434 g/mol. The van der Waals surface area contributed by atoms with Crippen molar-refractivity contribution < 1.29 is 9.47 Å². The summed E-state index contributed by atoms with van der Waals surface area (Å²) in [6.45, 7) is 3.90. The largest absolute Gasteiger partial charge is 0.484 e. The van der Waals surface area contributed by atoms with Crippen molar-refractivity contribution in [1.82, 2.24) is 19.9 Å². The van der Waals surface area contributed by atoms with Crippen LogP contribution < -0.4 is 14.8 Å². The summed E-state index contributed by atoms with van der Waals surface area (Å²) in [6.07, 6.45) is 5.14. The van der Waals surface area contributed by atoms with Crippen LogP contribution in [-0.2, 0) is 0 Å². The predicted molar refractivity (Wildman–Crippen MR) is 125 cm³/mol. The molecule has 0 saturated heterocycles. The zero-order chi connectivity index (χ0) is 20.3. The van der Waals surface area contributed by atoms with E-state index in [1.54, 1.807) is 18.7 Å². The van der Waals surface area contributed by atoms with Gasteiger partial charge in [-0.25, -0.2) is 15.0 Å². The summed E-state index contributed by atoms with van der Waals surface area (Å²) in [5, 5.41) is 4.52. The van der Waals surface area contributed by atoms with Crippen LogP contribution in [0.5, 0.6) is 11.6 Å². The zero-order valence-electron chi connectivity index (χ0n) is 17.1. The molecule has 4 heterocycles. The van der Waals surface area contributed by atoms with Crippen molar-refractivity contribution in [2.75, 3.05) is 25.1 Å². The summed E-state index contributed by atoms with van der Waals surface area (Å²) >= 11 is 0. The number of ether oxygens (including phenoxy) is 2. The molecule has 0 unspecified atom stereocenters. The molecule has 0 bridgehead atoms. The highest BCUT2D eigenvalue weighted by molar-refractivity contribution is 7.59. The van der Waals surface area contributed by atoms with Gasteiger partial charge in [0, 0.05) is 47.4 Å². The van der Waals surface area contributed by atoms with Crippen molar-refractivity contribution in [2.45, 2.75) is 12.8 Å². The van der Waals surface area contributed by atoms with E-state index in [-0.39, 0.29) is 19.4 Å². The van der Waals surface area contributed by atoms with Gasteiger partial charge in [0.1, 0.15) is 25.4 Å². The van der Waals surface area contributed by atoms with Gasteiger partial charge in [-0.1, -0.05) is 25.1 Å². The molecule has 7 nitrogen and oxygen atoms in total. The SMILES string of the molecule is C[C@H](CNc1cc(-c2ccc3cccnc3c2)ncn1)c1ccnc2c1OCCO2.S. The molecular formula is C23H23N5O2S. The Balaban J connectivity index is 0.00000231. The maximum atomic E-state index is 5.79. The molecule has 5 rings (SSSR count). The minimum Gasteiger partial charge on any atom is -0.484 e. The van der Waals surface area contributed by atoms with Gasteiger partial charge in [0.2, 0.25) is 0 Å². The summed E-state index contributed by atoms with van der Waals surface area (Å²) in [5.74, 6) is 2.27. The summed E-state index contributed by atoms with van der Waals surface area (Å²) in [7, 11) is 0. The highest BCUT2D eigenvalue weighted by Gasteiger charge is 2.20. The molecule has 3 aromatic heterocycles. The van der Waals surface area contributed by atoms with E-state index in [1.807, 2.05) is 30.3 Å². The normalized spacial score (nSPS) is 13.3. The molecule has 0 aliphatic carbocycles. The second kappa shape index (κ2) is 9.18. The molecule has 0 radical (unpaired) electrons. The van der Waals surface area contributed by atoms with E-state index >= 15 is 0 Å². The topological polar surface area (TPSA) is 82.1 Å². The first-order chi connectivity index (χ1) is 14.8. The first-order valence-electron chi connectivity index (χ1n) is 9.93. The van der Waals surface area contributed by atoms with Crippen LogP contribution in [0, 0.1) is 0 Å². The van der Waals surface area contributed by atoms with Crippen molar-refractivity contribution in [3.05, 3.63) is 66.7 Å². The molecule has 1 aliphatic heterocycles. The van der Waals surface area contributed by atoms with E-state index < -0.39 is 0 Å².